The van der Waals surface area contributed by atoms with Crippen LogP contribution in [-0.4, -0.2) is 80.9 Å². The minimum atomic E-state index is -0.859. The summed E-state index contributed by atoms with van der Waals surface area (Å²) in [4.78, 5) is 47.4. The normalized spacial score (nSPS) is 33.5. The molecule has 0 radical (unpaired) electrons. The zero-order chi connectivity index (χ0) is 25.5. The third-order valence-corrected chi connectivity index (χ3v) is 9.88. The standard InChI is InChI=1S/C28H35N3O4S/c1-3-4-8-15-29-16-10-14-28-22(25(34)31(18-19-32)23(28)26(29)35)21-24(33)30(20-11-6-5-7-12-20)17-9-13-27(21,2)36-28/h5-7,9-14,21-23,32H,3-4,8,15-19H2,1-2H3/t21-,22-,23?,27+,28-/m0/s1. The molecule has 2 saturated heterocycles. The Morgan fingerprint density at radius 3 is 2.42 bits per heavy atom. The fraction of sp³-hybridized carbons (Fsp3) is 0.536. The van der Waals surface area contributed by atoms with E-state index in [9.17, 15) is 19.5 Å². The highest BCUT2D eigenvalue weighted by Gasteiger charge is 2.73. The maximum absolute atomic E-state index is 14.2. The lowest BCUT2D eigenvalue weighted by Gasteiger charge is -2.36. The first kappa shape index (κ1) is 25.1. The Kier molecular flexibility index (Phi) is 6.76. The molecule has 1 spiro atoms. The van der Waals surface area contributed by atoms with Gasteiger partial charge in [0.1, 0.15) is 6.04 Å². The summed E-state index contributed by atoms with van der Waals surface area (Å²) in [5, 5.41) is 9.83. The second kappa shape index (κ2) is 9.71. The van der Waals surface area contributed by atoms with Gasteiger partial charge < -0.3 is 19.8 Å². The van der Waals surface area contributed by atoms with Crippen molar-refractivity contribution in [2.45, 2.75) is 48.6 Å². The minimum absolute atomic E-state index is 0.0793. The molecule has 4 heterocycles. The van der Waals surface area contributed by atoms with Gasteiger partial charge in [-0.15, -0.1) is 11.8 Å². The number of amides is 3. The number of thioether (sulfide) groups is 1. The van der Waals surface area contributed by atoms with Gasteiger partial charge in [0.15, 0.2) is 0 Å². The Morgan fingerprint density at radius 1 is 0.944 bits per heavy atom. The van der Waals surface area contributed by atoms with Crippen molar-refractivity contribution in [2.75, 3.05) is 37.7 Å². The third kappa shape index (κ3) is 3.80. The van der Waals surface area contributed by atoms with Crippen LogP contribution in [-0.2, 0) is 14.4 Å². The van der Waals surface area contributed by atoms with Crippen LogP contribution in [0, 0.1) is 11.8 Å². The van der Waals surface area contributed by atoms with Gasteiger partial charge in [0.25, 0.3) is 0 Å². The zero-order valence-corrected chi connectivity index (χ0v) is 21.8. The Labute approximate surface area is 217 Å². The SMILES string of the molecule is CCCCCN1CC=C[C@]23S[C@]4(C)C=CCN(c5ccccc5)C(=O)[C@@H]4[C@H]2C(=O)N(CCO)C3C1=O. The fourth-order valence-electron chi connectivity index (χ4n) is 6.51. The molecule has 0 aromatic heterocycles. The number of likely N-dealkylation sites (tertiary alicyclic amines) is 1. The molecule has 36 heavy (non-hydrogen) atoms. The van der Waals surface area contributed by atoms with E-state index in [0.29, 0.717) is 19.6 Å². The number of β-amino-alcohol motifs (C(OH)–C–C–N with tert-alkyl or cyclic N) is 1. The van der Waals surface area contributed by atoms with Crippen molar-refractivity contribution in [1.82, 2.24) is 9.80 Å². The Hall–Kier alpha value is -2.58. The minimum Gasteiger partial charge on any atom is -0.395 e. The van der Waals surface area contributed by atoms with E-state index in [1.54, 1.807) is 21.6 Å². The summed E-state index contributed by atoms with van der Waals surface area (Å²) >= 11 is 1.58. The average molecular weight is 510 g/mol. The number of nitrogens with zero attached hydrogens (tertiary/aromatic N) is 3. The van der Waals surface area contributed by atoms with E-state index in [1.807, 2.05) is 60.4 Å². The van der Waals surface area contributed by atoms with E-state index in [1.165, 1.54) is 0 Å². The van der Waals surface area contributed by atoms with Gasteiger partial charge in [0.05, 0.1) is 23.2 Å². The van der Waals surface area contributed by atoms with Crippen molar-refractivity contribution in [3.05, 3.63) is 54.6 Å². The van der Waals surface area contributed by atoms with Crippen molar-refractivity contribution in [1.29, 1.82) is 0 Å². The second-order valence-electron chi connectivity index (χ2n) is 10.3. The van der Waals surface area contributed by atoms with Crippen LogP contribution in [0.15, 0.2) is 54.6 Å². The predicted molar refractivity (Wildman–Crippen MR) is 141 cm³/mol. The molecule has 4 aliphatic rings. The van der Waals surface area contributed by atoms with Crippen molar-refractivity contribution >= 4 is 35.2 Å². The number of fused-ring (bicyclic) bond motifs is 2. The van der Waals surface area contributed by atoms with Gasteiger partial charge in [-0.05, 0) is 25.5 Å². The summed E-state index contributed by atoms with van der Waals surface area (Å²) in [5.41, 5.74) is 0.797. The molecule has 1 aromatic rings. The van der Waals surface area contributed by atoms with E-state index >= 15 is 0 Å². The smallest absolute Gasteiger partial charge is 0.247 e. The highest BCUT2D eigenvalue weighted by atomic mass is 32.2. The number of aliphatic hydroxyl groups is 1. The van der Waals surface area contributed by atoms with E-state index in [4.69, 9.17) is 0 Å². The van der Waals surface area contributed by atoms with Gasteiger partial charge in [0, 0.05) is 36.6 Å². The number of carbonyl (C=O) groups is 3. The van der Waals surface area contributed by atoms with E-state index < -0.39 is 27.4 Å². The molecule has 2 fully saturated rings. The predicted octanol–water partition coefficient (Wildman–Crippen LogP) is 2.86. The molecule has 1 aromatic carbocycles. The number of benzene rings is 1. The summed E-state index contributed by atoms with van der Waals surface area (Å²) in [6.45, 7) is 5.59. The first-order valence-corrected chi connectivity index (χ1v) is 13.8. The molecule has 4 aliphatic heterocycles. The van der Waals surface area contributed by atoms with Crippen LogP contribution in [0.2, 0.25) is 0 Å². The van der Waals surface area contributed by atoms with Crippen LogP contribution >= 0.6 is 11.8 Å². The Bertz CT molecular complexity index is 1090. The number of hydrogen-bond donors (Lipinski definition) is 1. The van der Waals surface area contributed by atoms with E-state index in [2.05, 4.69) is 13.0 Å². The highest BCUT2D eigenvalue weighted by molar-refractivity contribution is 8.02. The number of anilines is 1. The molecule has 7 nitrogen and oxygen atoms in total. The molecule has 8 heteroatoms. The summed E-state index contributed by atoms with van der Waals surface area (Å²) in [7, 11) is 0. The molecule has 5 rings (SSSR count). The number of aliphatic hydroxyl groups excluding tert-OH is 1. The molecular formula is C28H35N3O4S. The van der Waals surface area contributed by atoms with Crippen molar-refractivity contribution < 1.29 is 19.5 Å². The number of para-hydroxylation sites is 1. The molecule has 5 atom stereocenters. The lowest BCUT2D eigenvalue weighted by Crippen LogP contribution is -2.54. The molecule has 0 saturated carbocycles. The number of carbonyl (C=O) groups excluding carboxylic acids is 3. The Morgan fingerprint density at radius 2 is 1.69 bits per heavy atom. The summed E-state index contributed by atoms with van der Waals surface area (Å²) in [6.07, 6.45) is 11.1. The average Bonchev–Trinajstić information content (AvgIpc) is 3.13. The topological polar surface area (TPSA) is 81.2 Å². The first-order valence-electron chi connectivity index (χ1n) is 13.0. The Balaban J connectivity index is 1.58. The van der Waals surface area contributed by atoms with Crippen LogP contribution < -0.4 is 4.90 Å². The first-order chi connectivity index (χ1) is 17.4. The molecule has 1 N–H and O–H groups in total. The number of hydrogen-bond acceptors (Lipinski definition) is 5. The molecule has 3 amide bonds. The lowest BCUT2D eigenvalue weighted by atomic mass is 9.74. The van der Waals surface area contributed by atoms with E-state index in [0.717, 1.165) is 24.9 Å². The number of rotatable bonds is 7. The van der Waals surface area contributed by atoms with Gasteiger partial charge >= 0.3 is 0 Å². The third-order valence-electron chi connectivity index (χ3n) is 8.08. The summed E-state index contributed by atoms with van der Waals surface area (Å²) < 4.78 is -1.49. The molecule has 1 unspecified atom stereocenters. The summed E-state index contributed by atoms with van der Waals surface area (Å²) in [5.74, 6) is -1.68. The maximum atomic E-state index is 14.2. The monoisotopic (exact) mass is 509 g/mol. The van der Waals surface area contributed by atoms with Crippen molar-refractivity contribution in [3.63, 3.8) is 0 Å². The van der Waals surface area contributed by atoms with Gasteiger partial charge in [-0.1, -0.05) is 62.3 Å². The van der Waals surface area contributed by atoms with Crippen LogP contribution in [0.25, 0.3) is 0 Å². The van der Waals surface area contributed by atoms with Crippen LogP contribution in [0.5, 0.6) is 0 Å². The molecule has 0 bridgehead atoms. The molecular weight excluding hydrogens is 474 g/mol. The largest absolute Gasteiger partial charge is 0.395 e. The van der Waals surface area contributed by atoms with Crippen molar-refractivity contribution in [2.24, 2.45) is 11.8 Å². The van der Waals surface area contributed by atoms with E-state index in [-0.39, 0.29) is 30.9 Å². The maximum Gasteiger partial charge on any atom is 0.247 e. The zero-order valence-electron chi connectivity index (χ0n) is 21.0. The molecule has 192 valence electrons. The van der Waals surface area contributed by atoms with Gasteiger partial charge in [-0.2, -0.15) is 0 Å². The van der Waals surface area contributed by atoms with Crippen LogP contribution in [0.4, 0.5) is 5.69 Å². The summed E-state index contributed by atoms with van der Waals surface area (Å²) in [6, 6.07) is 8.81. The molecule has 0 aliphatic carbocycles. The fourth-order valence-corrected chi connectivity index (χ4v) is 8.67. The van der Waals surface area contributed by atoms with Crippen LogP contribution in [0.3, 0.4) is 0 Å². The van der Waals surface area contributed by atoms with Crippen LogP contribution in [0.1, 0.15) is 33.1 Å². The quantitative estimate of drug-likeness (QED) is 0.452. The van der Waals surface area contributed by atoms with Gasteiger partial charge in [-0.25, -0.2) is 0 Å². The van der Waals surface area contributed by atoms with Crippen molar-refractivity contribution in [3.8, 4) is 0 Å². The van der Waals surface area contributed by atoms with Gasteiger partial charge in [0.2, 0.25) is 17.7 Å². The highest BCUT2D eigenvalue weighted by Crippen LogP contribution is 2.65. The lowest BCUT2D eigenvalue weighted by molar-refractivity contribution is -0.143. The van der Waals surface area contributed by atoms with Gasteiger partial charge in [-0.3, -0.25) is 14.4 Å². The number of unbranched alkanes of at least 4 members (excludes halogenated alkanes) is 2. The second-order valence-corrected chi connectivity index (χ2v) is 12.1.